The molecule has 1 atom stereocenters. The molecule has 0 fully saturated rings. The number of benzene rings is 2. The predicted molar refractivity (Wildman–Crippen MR) is 117 cm³/mol. The molecular weight excluding hydrogens is 415 g/mol. The first-order chi connectivity index (χ1) is 15.5. The minimum atomic E-state index is -0.824. The van der Waals surface area contributed by atoms with Gasteiger partial charge >= 0.3 is 12.0 Å². The van der Waals surface area contributed by atoms with Crippen molar-refractivity contribution < 1.29 is 28.2 Å². The van der Waals surface area contributed by atoms with Gasteiger partial charge in [-0.2, -0.15) is 0 Å². The largest absolute Gasteiger partial charge is 0.493 e. The van der Waals surface area contributed by atoms with Crippen LogP contribution >= 0.6 is 0 Å². The Labute approximate surface area is 186 Å². The van der Waals surface area contributed by atoms with Crippen molar-refractivity contribution in [3.05, 3.63) is 70.7 Å². The van der Waals surface area contributed by atoms with Crippen molar-refractivity contribution >= 4 is 12.0 Å². The van der Waals surface area contributed by atoms with Crippen LogP contribution < -0.4 is 20.1 Å². The molecule has 1 aliphatic rings. The van der Waals surface area contributed by atoms with Crippen LogP contribution in [0.3, 0.4) is 0 Å². The lowest BCUT2D eigenvalue weighted by atomic mass is 9.93. The van der Waals surface area contributed by atoms with Crippen LogP contribution in [-0.2, 0) is 16.1 Å². The molecule has 2 N–H and O–H groups in total. The molecule has 32 heavy (non-hydrogen) atoms. The van der Waals surface area contributed by atoms with Crippen LogP contribution in [0.25, 0.3) is 0 Å². The molecule has 0 saturated heterocycles. The standard InChI is InChI=1S/C24H27FN2O5/c1-4-9-18-20(23(28)31-5-2)21(27-24(29)26-18)16-11-8-13-19(30-3)22(16)32-14-15-10-6-7-12-17(15)25/h6-8,10-13,21H,4-5,9,14H2,1-3H3,(H2,26,27,29). The van der Waals surface area contributed by atoms with Crippen LogP contribution in [0.5, 0.6) is 11.5 Å². The van der Waals surface area contributed by atoms with Gasteiger partial charge in [-0.1, -0.05) is 43.7 Å². The van der Waals surface area contributed by atoms with Crippen molar-refractivity contribution in [2.75, 3.05) is 13.7 Å². The monoisotopic (exact) mass is 442 g/mol. The number of carbonyl (C=O) groups excluding carboxylic acids is 2. The summed E-state index contributed by atoms with van der Waals surface area (Å²) in [5.74, 6) is -0.220. The average molecular weight is 442 g/mol. The molecule has 0 bridgehead atoms. The molecule has 1 unspecified atom stereocenters. The molecule has 2 aromatic rings. The van der Waals surface area contributed by atoms with E-state index in [9.17, 15) is 14.0 Å². The molecule has 1 heterocycles. The van der Waals surface area contributed by atoms with Gasteiger partial charge < -0.3 is 24.8 Å². The van der Waals surface area contributed by atoms with Gasteiger partial charge in [-0.25, -0.2) is 14.0 Å². The Bertz CT molecular complexity index is 1020. The van der Waals surface area contributed by atoms with Crippen molar-refractivity contribution in [3.8, 4) is 11.5 Å². The quantitative estimate of drug-likeness (QED) is 0.563. The van der Waals surface area contributed by atoms with Crippen molar-refractivity contribution in [2.24, 2.45) is 0 Å². The number of para-hydroxylation sites is 1. The van der Waals surface area contributed by atoms with Crippen LogP contribution in [0.2, 0.25) is 0 Å². The topological polar surface area (TPSA) is 85.9 Å². The highest BCUT2D eigenvalue weighted by atomic mass is 19.1. The summed E-state index contributed by atoms with van der Waals surface area (Å²) in [5, 5.41) is 5.52. The molecular formula is C24H27FN2O5. The third-order valence-corrected chi connectivity index (χ3v) is 5.02. The second-order valence-electron chi connectivity index (χ2n) is 7.15. The summed E-state index contributed by atoms with van der Waals surface area (Å²) >= 11 is 0. The van der Waals surface area contributed by atoms with E-state index in [2.05, 4.69) is 10.6 Å². The van der Waals surface area contributed by atoms with Gasteiger partial charge in [0.25, 0.3) is 0 Å². The van der Waals surface area contributed by atoms with Crippen LogP contribution in [0.1, 0.15) is 43.9 Å². The summed E-state index contributed by atoms with van der Waals surface area (Å²) in [6.45, 7) is 3.81. The smallest absolute Gasteiger partial charge is 0.338 e. The van der Waals surface area contributed by atoms with E-state index in [1.54, 1.807) is 43.3 Å². The lowest BCUT2D eigenvalue weighted by molar-refractivity contribution is -0.139. The number of carbonyl (C=O) groups is 2. The highest BCUT2D eigenvalue weighted by Crippen LogP contribution is 2.40. The van der Waals surface area contributed by atoms with Gasteiger partial charge in [0, 0.05) is 16.8 Å². The number of esters is 1. The number of urea groups is 1. The number of ether oxygens (including phenoxy) is 3. The van der Waals surface area contributed by atoms with E-state index in [0.717, 1.165) is 6.42 Å². The lowest BCUT2D eigenvalue weighted by Crippen LogP contribution is -2.46. The Morgan fingerprint density at radius 2 is 1.91 bits per heavy atom. The SMILES string of the molecule is CCCC1=C(C(=O)OCC)C(c2cccc(OC)c2OCc2ccccc2F)NC(=O)N1. The first-order valence-electron chi connectivity index (χ1n) is 10.5. The van der Waals surface area contributed by atoms with Gasteiger partial charge in [-0.05, 0) is 25.5 Å². The van der Waals surface area contributed by atoms with E-state index in [1.165, 1.54) is 13.2 Å². The van der Waals surface area contributed by atoms with Gasteiger partial charge in [-0.3, -0.25) is 0 Å². The van der Waals surface area contributed by atoms with Gasteiger partial charge in [0.15, 0.2) is 11.5 Å². The molecule has 0 aromatic heterocycles. The van der Waals surface area contributed by atoms with Crippen LogP contribution in [-0.4, -0.2) is 25.7 Å². The summed E-state index contributed by atoms with van der Waals surface area (Å²) in [7, 11) is 1.49. The summed E-state index contributed by atoms with van der Waals surface area (Å²) in [6.07, 6.45) is 1.22. The number of methoxy groups -OCH3 is 1. The van der Waals surface area contributed by atoms with E-state index < -0.39 is 23.9 Å². The Morgan fingerprint density at radius 1 is 1.12 bits per heavy atom. The zero-order valence-electron chi connectivity index (χ0n) is 18.4. The van der Waals surface area contributed by atoms with E-state index in [-0.39, 0.29) is 13.2 Å². The average Bonchev–Trinajstić information content (AvgIpc) is 2.78. The van der Waals surface area contributed by atoms with E-state index in [4.69, 9.17) is 14.2 Å². The molecule has 0 radical (unpaired) electrons. The second kappa shape index (κ2) is 10.7. The Morgan fingerprint density at radius 3 is 2.59 bits per heavy atom. The third-order valence-electron chi connectivity index (χ3n) is 5.02. The van der Waals surface area contributed by atoms with Crippen molar-refractivity contribution in [2.45, 2.75) is 39.3 Å². The molecule has 2 amide bonds. The molecule has 8 heteroatoms. The molecule has 2 aromatic carbocycles. The maximum absolute atomic E-state index is 14.1. The Kier molecular flexibility index (Phi) is 7.70. The minimum Gasteiger partial charge on any atom is -0.493 e. The highest BCUT2D eigenvalue weighted by molar-refractivity contribution is 5.95. The molecule has 3 rings (SSSR count). The summed E-state index contributed by atoms with van der Waals surface area (Å²) in [5.41, 5.74) is 1.68. The number of hydrogen-bond donors (Lipinski definition) is 2. The fourth-order valence-electron chi connectivity index (χ4n) is 3.59. The van der Waals surface area contributed by atoms with Crippen molar-refractivity contribution in [1.82, 2.24) is 10.6 Å². The minimum absolute atomic E-state index is 0.0563. The highest BCUT2D eigenvalue weighted by Gasteiger charge is 2.35. The number of allylic oxidation sites excluding steroid dienone is 1. The molecule has 1 aliphatic heterocycles. The predicted octanol–water partition coefficient (Wildman–Crippen LogP) is 4.38. The maximum Gasteiger partial charge on any atom is 0.338 e. The first kappa shape index (κ1) is 23.1. The fourth-order valence-corrected chi connectivity index (χ4v) is 3.59. The first-order valence-corrected chi connectivity index (χ1v) is 10.5. The van der Waals surface area contributed by atoms with Gasteiger partial charge in [-0.15, -0.1) is 0 Å². The molecule has 0 spiro atoms. The van der Waals surface area contributed by atoms with Crippen LogP contribution in [0.15, 0.2) is 53.7 Å². The fraction of sp³-hybridized carbons (Fsp3) is 0.333. The number of hydrogen-bond acceptors (Lipinski definition) is 5. The van der Waals surface area contributed by atoms with Crippen molar-refractivity contribution in [1.29, 1.82) is 0 Å². The summed E-state index contributed by atoms with van der Waals surface area (Å²) in [6, 6.07) is 10.2. The zero-order valence-corrected chi connectivity index (χ0v) is 18.4. The van der Waals surface area contributed by atoms with E-state index in [1.807, 2.05) is 6.92 Å². The third kappa shape index (κ3) is 5.01. The zero-order chi connectivity index (χ0) is 23.1. The van der Waals surface area contributed by atoms with Crippen LogP contribution in [0, 0.1) is 5.82 Å². The van der Waals surface area contributed by atoms with Gasteiger partial charge in [0.05, 0.1) is 25.3 Å². The normalized spacial score (nSPS) is 15.6. The van der Waals surface area contributed by atoms with Crippen molar-refractivity contribution in [3.63, 3.8) is 0 Å². The summed E-state index contributed by atoms with van der Waals surface area (Å²) < 4.78 is 30.8. The molecule has 0 aliphatic carbocycles. The number of rotatable bonds is 9. The van der Waals surface area contributed by atoms with Crippen LogP contribution in [0.4, 0.5) is 9.18 Å². The lowest BCUT2D eigenvalue weighted by Gasteiger charge is -2.30. The Hall–Kier alpha value is -3.55. The number of nitrogens with one attached hydrogen (secondary N) is 2. The molecule has 170 valence electrons. The number of halogens is 1. The molecule has 0 saturated carbocycles. The van der Waals surface area contributed by atoms with Gasteiger partial charge in [0.2, 0.25) is 0 Å². The van der Waals surface area contributed by atoms with E-state index in [0.29, 0.717) is 40.3 Å². The second-order valence-corrected chi connectivity index (χ2v) is 7.15. The summed E-state index contributed by atoms with van der Waals surface area (Å²) in [4.78, 5) is 25.3. The number of amides is 2. The van der Waals surface area contributed by atoms with Gasteiger partial charge in [0.1, 0.15) is 12.4 Å². The Balaban J connectivity index is 2.07. The molecule has 7 nitrogen and oxygen atoms in total. The van der Waals surface area contributed by atoms with E-state index >= 15 is 0 Å². The maximum atomic E-state index is 14.1.